The standard InChI is InChI=1S/C17H25FN4O2.ClH/c18-15-4-1-3-14(11-15)12-16(23)21-13-17(24)20-5-2-8-22-9-6-19-7-10-22;/h1,3-4,11,19H,2,5-10,12-13H2,(H,20,24)(H,21,23);1H. The number of benzene rings is 1. The summed E-state index contributed by atoms with van der Waals surface area (Å²) in [7, 11) is 0. The predicted molar refractivity (Wildman–Crippen MR) is 97.3 cm³/mol. The Kier molecular flexibility index (Phi) is 10.1. The molecule has 2 amide bonds. The Labute approximate surface area is 153 Å². The van der Waals surface area contributed by atoms with Crippen molar-refractivity contribution in [2.45, 2.75) is 12.8 Å². The first-order chi connectivity index (χ1) is 11.6. The second-order valence-corrected chi connectivity index (χ2v) is 5.88. The third-order valence-electron chi connectivity index (χ3n) is 3.88. The van der Waals surface area contributed by atoms with Crippen molar-refractivity contribution in [3.8, 4) is 0 Å². The van der Waals surface area contributed by atoms with Crippen molar-refractivity contribution >= 4 is 24.2 Å². The average molecular weight is 373 g/mol. The molecule has 0 atom stereocenters. The molecule has 6 nitrogen and oxygen atoms in total. The van der Waals surface area contributed by atoms with Crippen LogP contribution in [-0.4, -0.2) is 62.5 Å². The molecule has 0 aliphatic carbocycles. The molecule has 1 aromatic rings. The molecule has 0 radical (unpaired) electrons. The SMILES string of the molecule is Cl.O=C(CNC(=O)Cc1cccc(F)c1)NCCCN1CCNCC1. The number of halogens is 2. The first-order valence-electron chi connectivity index (χ1n) is 8.34. The van der Waals surface area contributed by atoms with E-state index >= 15 is 0 Å². The van der Waals surface area contributed by atoms with Crippen molar-refractivity contribution in [2.75, 3.05) is 45.8 Å². The number of nitrogens with one attached hydrogen (secondary N) is 3. The minimum atomic E-state index is -0.373. The topological polar surface area (TPSA) is 73.5 Å². The van der Waals surface area contributed by atoms with Gasteiger partial charge in [0.25, 0.3) is 0 Å². The Morgan fingerprint density at radius 2 is 1.92 bits per heavy atom. The predicted octanol–water partition coefficient (Wildman–Crippen LogP) is 0.318. The van der Waals surface area contributed by atoms with Crippen LogP contribution in [0.2, 0.25) is 0 Å². The van der Waals surface area contributed by atoms with Crippen molar-refractivity contribution in [3.05, 3.63) is 35.6 Å². The molecule has 3 N–H and O–H groups in total. The monoisotopic (exact) mass is 372 g/mol. The lowest BCUT2D eigenvalue weighted by atomic mass is 10.1. The lowest BCUT2D eigenvalue weighted by Gasteiger charge is -2.27. The van der Waals surface area contributed by atoms with Crippen LogP contribution in [0, 0.1) is 5.82 Å². The average Bonchev–Trinajstić information content (AvgIpc) is 2.58. The molecular formula is C17H26ClFN4O2. The third-order valence-corrected chi connectivity index (χ3v) is 3.88. The summed E-state index contributed by atoms with van der Waals surface area (Å²) in [5, 5.41) is 8.64. The molecule has 25 heavy (non-hydrogen) atoms. The summed E-state index contributed by atoms with van der Waals surface area (Å²) < 4.78 is 13.0. The van der Waals surface area contributed by atoms with Crippen LogP contribution in [0.25, 0.3) is 0 Å². The number of amides is 2. The Bertz CT molecular complexity index is 553. The molecule has 0 unspecified atom stereocenters. The highest BCUT2D eigenvalue weighted by Gasteiger charge is 2.09. The van der Waals surface area contributed by atoms with Gasteiger partial charge in [-0.3, -0.25) is 9.59 Å². The Morgan fingerprint density at radius 1 is 1.16 bits per heavy atom. The van der Waals surface area contributed by atoms with E-state index in [1.54, 1.807) is 12.1 Å². The van der Waals surface area contributed by atoms with Crippen LogP contribution in [0.1, 0.15) is 12.0 Å². The fraction of sp³-hybridized carbons (Fsp3) is 0.529. The van der Waals surface area contributed by atoms with E-state index in [9.17, 15) is 14.0 Å². The van der Waals surface area contributed by atoms with Gasteiger partial charge < -0.3 is 20.9 Å². The molecule has 1 heterocycles. The summed E-state index contributed by atoms with van der Waals surface area (Å²) in [4.78, 5) is 25.8. The van der Waals surface area contributed by atoms with Gasteiger partial charge in [0, 0.05) is 32.7 Å². The quantitative estimate of drug-likeness (QED) is 0.575. The Hall–Kier alpha value is -1.70. The fourth-order valence-electron chi connectivity index (χ4n) is 2.60. The number of carbonyl (C=O) groups is 2. The molecule has 1 aliphatic rings. The number of hydrogen-bond donors (Lipinski definition) is 3. The van der Waals surface area contributed by atoms with E-state index in [4.69, 9.17) is 0 Å². The van der Waals surface area contributed by atoms with Gasteiger partial charge in [-0.2, -0.15) is 0 Å². The van der Waals surface area contributed by atoms with E-state index < -0.39 is 0 Å². The van der Waals surface area contributed by atoms with E-state index in [1.165, 1.54) is 12.1 Å². The van der Waals surface area contributed by atoms with Crippen LogP contribution < -0.4 is 16.0 Å². The molecule has 1 aliphatic heterocycles. The number of hydrogen-bond acceptors (Lipinski definition) is 4. The summed E-state index contributed by atoms with van der Waals surface area (Å²) in [5.41, 5.74) is 0.587. The molecule has 0 spiro atoms. The minimum Gasteiger partial charge on any atom is -0.355 e. The van der Waals surface area contributed by atoms with Crippen LogP contribution >= 0.6 is 12.4 Å². The van der Waals surface area contributed by atoms with Gasteiger partial charge in [-0.1, -0.05) is 12.1 Å². The highest BCUT2D eigenvalue weighted by Crippen LogP contribution is 2.03. The van der Waals surface area contributed by atoms with Gasteiger partial charge >= 0.3 is 0 Å². The van der Waals surface area contributed by atoms with E-state index in [0.29, 0.717) is 12.1 Å². The highest BCUT2D eigenvalue weighted by atomic mass is 35.5. The van der Waals surface area contributed by atoms with Crippen molar-refractivity contribution in [1.29, 1.82) is 0 Å². The van der Waals surface area contributed by atoms with Gasteiger partial charge in [-0.05, 0) is 30.7 Å². The smallest absolute Gasteiger partial charge is 0.239 e. The van der Waals surface area contributed by atoms with Crippen molar-refractivity contribution in [3.63, 3.8) is 0 Å². The van der Waals surface area contributed by atoms with Gasteiger partial charge in [-0.25, -0.2) is 4.39 Å². The molecule has 1 saturated heterocycles. The van der Waals surface area contributed by atoms with Gasteiger partial charge in [0.15, 0.2) is 0 Å². The number of rotatable bonds is 8. The minimum absolute atomic E-state index is 0. The van der Waals surface area contributed by atoms with Gasteiger partial charge in [0.2, 0.25) is 11.8 Å². The van der Waals surface area contributed by atoms with Crippen molar-refractivity contribution < 1.29 is 14.0 Å². The van der Waals surface area contributed by atoms with E-state index in [1.807, 2.05) is 0 Å². The zero-order chi connectivity index (χ0) is 17.2. The number of carbonyl (C=O) groups excluding carboxylic acids is 2. The third kappa shape index (κ3) is 8.81. The zero-order valence-electron chi connectivity index (χ0n) is 14.2. The van der Waals surface area contributed by atoms with E-state index in [2.05, 4.69) is 20.9 Å². The molecule has 140 valence electrons. The summed E-state index contributed by atoms with van der Waals surface area (Å²) in [6.45, 7) is 5.64. The lowest BCUT2D eigenvalue weighted by molar-refractivity contribution is -0.125. The van der Waals surface area contributed by atoms with Crippen LogP contribution in [0.15, 0.2) is 24.3 Å². The van der Waals surface area contributed by atoms with Gasteiger partial charge in [0.05, 0.1) is 13.0 Å². The van der Waals surface area contributed by atoms with Gasteiger partial charge in [-0.15, -0.1) is 12.4 Å². The molecule has 0 bridgehead atoms. The maximum absolute atomic E-state index is 13.0. The molecule has 0 saturated carbocycles. The largest absolute Gasteiger partial charge is 0.355 e. The van der Waals surface area contributed by atoms with E-state index in [0.717, 1.165) is 39.1 Å². The van der Waals surface area contributed by atoms with Crippen LogP contribution in [0.5, 0.6) is 0 Å². The second-order valence-electron chi connectivity index (χ2n) is 5.88. The molecule has 0 aromatic heterocycles. The van der Waals surface area contributed by atoms with Crippen LogP contribution in [-0.2, 0) is 16.0 Å². The van der Waals surface area contributed by atoms with E-state index in [-0.39, 0.29) is 43.0 Å². The van der Waals surface area contributed by atoms with Crippen molar-refractivity contribution in [1.82, 2.24) is 20.9 Å². The van der Waals surface area contributed by atoms with Crippen LogP contribution in [0.3, 0.4) is 0 Å². The summed E-state index contributed by atoms with van der Waals surface area (Å²) in [5.74, 6) is -0.873. The normalized spacial score (nSPS) is 14.4. The molecule has 1 fully saturated rings. The molecule has 1 aromatic carbocycles. The first kappa shape index (κ1) is 21.3. The zero-order valence-corrected chi connectivity index (χ0v) is 15.0. The van der Waals surface area contributed by atoms with Crippen LogP contribution in [0.4, 0.5) is 4.39 Å². The van der Waals surface area contributed by atoms with Gasteiger partial charge in [0.1, 0.15) is 5.82 Å². The maximum atomic E-state index is 13.0. The summed E-state index contributed by atoms with van der Waals surface area (Å²) in [6.07, 6.45) is 0.955. The van der Waals surface area contributed by atoms with Crippen molar-refractivity contribution in [2.24, 2.45) is 0 Å². The molecule has 8 heteroatoms. The maximum Gasteiger partial charge on any atom is 0.239 e. The Morgan fingerprint density at radius 3 is 2.64 bits per heavy atom. The second kappa shape index (κ2) is 11.8. The Balaban J connectivity index is 0.00000312. The molecule has 2 rings (SSSR count). The summed E-state index contributed by atoms with van der Waals surface area (Å²) >= 11 is 0. The molecular weight excluding hydrogens is 347 g/mol. The summed E-state index contributed by atoms with van der Waals surface area (Å²) in [6, 6.07) is 5.88. The highest BCUT2D eigenvalue weighted by molar-refractivity contribution is 5.86. The fourth-order valence-corrected chi connectivity index (χ4v) is 2.60. The lowest BCUT2D eigenvalue weighted by Crippen LogP contribution is -2.44. The number of piperazine rings is 1. The number of nitrogens with zero attached hydrogens (tertiary/aromatic N) is 1. The first-order valence-corrected chi connectivity index (χ1v) is 8.34.